The maximum absolute atomic E-state index is 5.99. The zero-order valence-electron chi connectivity index (χ0n) is 9.29. The Hall–Kier alpha value is -0.0500. The molecule has 0 bridgehead atoms. The molecule has 1 aliphatic carbocycles. The number of thiophene rings is 1. The lowest BCUT2D eigenvalue weighted by Crippen LogP contribution is -2.31. The van der Waals surface area contributed by atoms with Crippen molar-refractivity contribution in [2.24, 2.45) is 5.92 Å². The van der Waals surface area contributed by atoms with Crippen molar-refractivity contribution in [3.05, 3.63) is 21.3 Å². The number of halogens is 1. The molecule has 0 aromatic carbocycles. The van der Waals surface area contributed by atoms with Gasteiger partial charge < -0.3 is 5.32 Å². The fourth-order valence-electron chi connectivity index (χ4n) is 2.64. The molecule has 0 amide bonds. The van der Waals surface area contributed by atoms with Gasteiger partial charge >= 0.3 is 0 Å². The first-order valence-corrected chi connectivity index (χ1v) is 6.90. The quantitative estimate of drug-likeness (QED) is 0.849. The van der Waals surface area contributed by atoms with Gasteiger partial charge in [-0.1, -0.05) is 25.4 Å². The maximum atomic E-state index is 5.99. The summed E-state index contributed by atoms with van der Waals surface area (Å²) in [7, 11) is 0. The highest BCUT2D eigenvalue weighted by atomic mass is 35.5. The van der Waals surface area contributed by atoms with Gasteiger partial charge in [0.05, 0.1) is 4.34 Å². The minimum atomic E-state index is 0.695. The van der Waals surface area contributed by atoms with Crippen LogP contribution in [-0.4, -0.2) is 12.6 Å². The van der Waals surface area contributed by atoms with Crippen LogP contribution in [0.3, 0.4) is 0 Å². The van der Waals surface area contributed by atoms with E-state index < -0.39 is 0 Å². The zero-order valence-corrected chi connectivity index (χ0v) is 10.9. The fourth-order valence-corrected chi connectivity index (χ4v) is 3.96. The second-order valence-electron chi connectivity index (χ2n) is 4.35. The Morgan fingerprint density at radius 1 is 1.47 bits per heavy atom. The highest BCUT2D eigenvalue weighted by molar-refractivity contribution is 7.16. The van der Waals surface area contributed by atoms with Gasteiger partial charge in [-0.3, -0.25) is 0 Å². The lowest BCUT2D eigenvalue weighted by atomic mass is 9.94. The average Bonchev–Trinajstić information content (AvgIpc) is 2.76. The van der Waals surface area contributed by atoms with Crippen molar-refractivity contribution in [3.8, 4) is 0 Å². The molecule has 0 spiro atoms. The van der Waals surface area contributed by atoms with Crippen molar-refractivity contribution in [2.75, 3.05) is 6.54 Å². The Bertz CT molecular complexity index is 323. The van der Waals surface area contributed by atoms with E-state index in [9.17, 15) is 0 Å². The summed E-state index contributed by atoms with van der Waals surface area (Å²) in [6, 6.07) is 4.91. The monoisotopic (exact) mass is 243 g/mol. The van der Waals surface area contributed by atoms with Crippen LogP contribution >= 0.6 is 22.9 Å². The third-order valence-corrected chi connectivity index (χ3v) is 4.85. The van der Waals surface area contributed by atoms with E-state index in [1.54, 1.807) is 11.3 Å². The van der Waals surface area contributed by atoms with E-state index in [0.29, 0.717) is 12.0 Å². The molecule has 2 rings (SSSR count). The molecule has 1 aromatic rings. The van der Waals surface area contributed by atoms with Gasteiger partial charge in [0.1, 0.15) is 0 Å². The summed E-state index contributed by atoms with van der Waals surface area (Å²) in [5.74, 6) is 1.45. The van der Waals surface area contributed by atoms with E-state index >= 15 is 0 Å². The Balaban J connectivity index is 2.06. The van der Waals surface area contributed by atoms with Gasteiger partial charge in [-0.2, -0.15) is 0 Å². The van der Waals surface area contributed by atoms with Crippen LogP contribution in [0, 0.1) is 5.92 Å². The predicted molar refractivity (Wildman–Crippen MR) is 67.9 cm³/mol. The molecule has 3 heteroatoms. The fraction of sp³-hybridized carbons (Fsp3) is 0.667. The third-order valence-electron chi connectivity index (χ3n) is 3.48. The second kappa shape index (κ2) is 4.86. The molecule has 0 saturated heterocycles. The minimum absolute atomic E-state index is 0.695. The van der Waals surface area contributed by atoms with Crippen LogP contribution in [0.1, 0.15) is 37.5 Å². The molecular formula is C12H18ClNS. The van der Waals surface area contributed by atoms with Crippen LogP contribution in [-0.2, 0) is 0 Å². The van der Waals surface area contributed by atoms with E-state index in [2.05, 4.69) is 25.2 Å². The van der Waals surface area contributed by atoms with Crippen LogP contribution < -0.4 is 5.32 Å². The summed E-state index contributed by atoms with van der Waals surface area (Å²) in [4.78, 5) is 1.47. The molecule has 15 heavy (non-hydrogen) atoms. The number of rotatable bonds is 3. The molecule has 3 unspecified atom stereocenters. The average molecular weight is 244 g/mol. The van der Waals surface area contributed by atoms with Crippen LogP contribution in [0.2, 0.25) is 4.34 Å². The van der Waals surface area contributed by atoms with Crippen LogP contribution in [0.25, 0.3) is 0 Å². The van der Waals surface area contributed by atoms with Crippen molar-refractivity contribution in [1.82, 2.24) is 5.32 Å². The van der Waals surface area contributed by atoms with Gasteiger partial charge in [0.25, 0.3) is 0 Å². The van der Waals surface area contributed by atoms with Gasteiger partial charge in [-0.25, -0.2) is 0 Å². The predicted octanol–water partition coefficient (Wildman–Crippen LogP) is 3.89. The van der Waals surface area contributed by atoms with Gasteiger partial charge in [-0.05, 0) is 43.4 Å². The Morgan fingerprint density at radius 2 is 2.27 bits per heavy atom. The normalized spacial score (nSPS) is 31.0. The van der Waals surface area contributed by atoms with E-state index in [1.165, 1.54) is 17.7 Å². The van der Waals surface area contributed by atoms with Crippen LogP contribution in [0.5, 0.6) is 0 Å². The van der Waals surface area contributed by atoms with Crippen molar-refractivity contribution in [3.63, 3.8) is 0 Å². The molecule has 1 nitrogen and oxygen atoms in total. The molecular weight excluding hydrogens is 226 g/mol. The van der Waals surface area contributed by atoms with Crippen molar-refractivity contribution in [2.45, 2.75) is 38.6 Å². The van der Waals surface area contributed by atoms with Gasteiger partial charge in [0, 0.05) is 10.9 Å². The van der Waals surface area contributed by atoms with E-state index in [-0.39, 0.29) is 0 Å². The van der Waals surface area contributed by atoms with Crippen molar-refractivity contribution in [1.29, 1.82) is 0 Å². The van der Waals surface area contributed by atoms with E-state index in [4.69, 9.17) is 11.6 Å². The maximum Gasteiger partial charge on any atom is 0.0931 e. The Labute approximate surface area is 101 Å². The number of nitrogens with one attached hydrogen (secondary N) is 1. The third kappa shape index (κ3) is 2.38. The summed E-state index contributed by atoms with van der Waals surface area (Å²) in [5, 5.41) is 3.57. The SMILES string of the molecule is CCNC1CCC(c2ccc(Cl)s2)C1C. The lowest BCUT2D eigenvalue weighted by Gasteiger charge is -2.20. The van der Waals surface area contributed by atoms with Gasteiger partial charge in [0.15, 0.2) is 0 Å². The molecule has 1 saturated carbocycles. The van der Waals surface area contributed by atoms with Crippen LogP contribution in [0.15, 0.2) is 12.1 Å². The van der Waals surface area contributed by atoms with E-state index in [1.807, 2.05) is 6.07 Å². The summed E-state index contributed by atoms with van der Waals surface area (Å²) in [6.45, 7) is 5.62. The number of hydrogen-bond acceptors (Lipinski definition) is 2. The van der Waals surface area contributed by atoms with Gasteiger partial charge in [0.2, 0.25) is 0 Å². The molecule has 1 aliphatic rings. The smallest absolute Gasteiger partial charge is 0.0931 e. The Kier molecular flexibility index (Phi) is 3.70. The summed E-state index contributed by atoms with van der Waals surface area (Å²) < 4.78 is 0.920. The van der Waals surface area contributed by atoms with Crippen molar-refractivity contribution < 1.29 is 0 Å². The largest absolute Gasteiger partial charge is 0.314 e. The summed E-state index contributed by atoms with van der Waals surface area (Å²) >= 11 is 7.73. The molecule has 0 radical (unpaired) electrons. The molecule has 84 valence electrons. The van der Waals surface area contributed by atoms with Gasteiger partial charge in [-0.15, -0.1) is 11.3 Å². The highest BCUT2D eigenvalue weighted by Gasteiger charge is 2.33. The van der Waals surface area contributed by atoms with Crippen molar-refractivity contribution >= 4 is 22.9 Å². The second-order valence-corrected chi connectivity index (χ2v) is 6.10. The first-order valence-electron chi connectivity index (χ1n) is 5.71. The molecule has 1 fully saturated rings. The molecule has 1 heterocycles. The highest BCUT2D eigenvalue weighted by Crippen LogP contribution is 2.42. The molecule has 1 N–H and O–H groups in total. The van der Waals surface area contributed by atoms with Crippen LogP contribution in [0.4, 0.5) is 0 Å². The van der Waals surface area contributed by atoms with E-state index in [0.717, 1.165) is 16.8 Å². The molecule has 3 atom stereocenters. The topological polar surface area (TPSA) is 12.0 Å². The lowest BCUT2D eigenvalue weighted by molar-refractivity contribution is 0.414. The Morgan fingerprint density at radius 3 is 2.87 bits per heavy atom. The zero-order chi connectivity index (χ0) is 10.8. The molecule has 0 aliphatic heterocycles. The first-order chi connectivity index (χ1) is 7.22. The summed E-state index contributed by atoms with van der Waals surface area (Å²) in [5.41, 5.74) is 0. The standard InChI is InChI=1S/C12H18ClNS/c1-3-14-10-5-4-9(8(10)2)11-6-7-12(13)15-11/h6-10,14H,3-5H2,1-2H3. The number of hydrogen-bond donors (Lipinski definition) is 1. The molecule has 1 aromatic heterocycles. The minimum Gasteiger partial charge on any atom is -0.314 e. The summed E-state index contributed by atoms with van der Waals surface area (Å²) in [6.07, 6.45) is 2.60. The first kappa shape index (κ1) is 11.4.